The Labute approximate surface area is 117 Å². The van der Waals surface area contributed by atoms with Gasteiger partial charge in [0.1, 0.15) is 0 Å². The highest BCUT2D eigenvalue weighted by atomic mass is 79.9. The van der Waals surface area contributed by atoms with Crippen LogP contribution < -0.4 is 4.90 Å². The Balaban J connectivity index is 2.28. The van der Waals surface area contributed by atoms with Gasteiger partial charge in [-0.1, -0.05) is 15.9 Å². The molecule has 86 valence electrons. The number of anilines is 1. The molecule has 0 radical (unpaired) electrons. The lowest BCUT2D eigenvalue weighted by atomic mass is 10.1. The summed E-state index contributed by atoms with van der Waals surface area (Å²) in [5.41, 5.74) is 0.942. The fourth-order valence-electron chi connectivity index (χ4n) is 1.84. The fourth-order valence-corrected chi connectivity index (χ4v) is 3.34. The minimum atomic E-state index is 0.182. The average Bonchev–Trinajstić information content (AvgIpc) is 2.60. The van der Waals surface area contributed by atoms with E-state index in [1.807, 2.05) is 23.1 Å². The Kier molecular flexibility index (Phi) is 3.97. The lowest BCUT2D eigenvalue weighted by Gasteiger charge is -2.18. The highest BCUT2D eigenvalue weighted by Gasteiger charge is 2.30. The van der Waals surface area contributed by atoms with Crippen LogP contribution in [-0.2, 0) is 4.79 Å². The van der Waals surface area contributed by atoms with Crippen LogP contribution >= 0.6 is 44.5 Å². The van der Waals surface area contributed by atoms with Crippen molar-refractivity contribution in [3.8, 4) is 0 Å². The first-order chi connectivity index (χ1) is 7.61. The summed E-state index contributed by atoms with van der Waals surface area (Å²) in [4.78, 5) is 13.7. The molecule has 1 heterocycles. The third-order valence-corrected chi connectivity index (χ3v) is 4.31. The van der Waals surface area contributed by atoms with Crippen molar-refractivity contribution in [2.75, 3.05) is 17.2 Å². The Morgan fingerprint density at radius 2 is 2.19 bits per heavy atom. The molecular weight excluding hydrogens is 354 g/mol. The molecule has 1 aromatic carbocycles. The van der Waals surface area contributed by atoms with E-state index in [9.17, 15) is 4.79 Å². The van der Waals surface area contributed by atoms with E-state index in [1.54, 1.807) is 0 Å². The van der Waals surface area contributed by atoms with Crippen molar-refractivity contribution in [3.05, 3.63) is 27.1 Å². The molecule has 0 saturated carbocycles. The predicted octanol–water partition coefficient (Wildman–Crippen LogP) is 3.49. The van der Waals surface area contributed by atoms with Gasteiger partial charge in [0.05, 0.1) is 5.69 Å². The maximum absolute atomic E-state index is 11.8. The summed E-state index contributed by atoms with van der Waals surface area (Å²) in [6.45, 7) is 0.766. The molecule has 1 aromatic rings. The summed E-state index contributed by atoms with van der Waals surface area (Å²) in [7, 11) is 0. The van der Waals surface area contributed by atoms with Crippen molar-refractivity contribution in [2.45, 2.75) is 6.42 Å². The van der Waals surface area contributed by atoms with Crippen LogP contribution in [0.25, 0.3) is 0 Å². The molecule has 1 fully saturated rings. The molecule has 2 rings (SSSR count). The molecule has 5 heteroatoms. The van der Waals surface area contributed by atoms with Gasteiger partial charge in [0.2, 0.25) is 5.91 Å². The Morgan fingerprint density at radius 3 is 2.75 bits per heavy atom. The SMILES string of the molecule is O=C1CC(CS)CN1c1ccc(Br)cc1Br. The molecule has 0 aliphatic carbocycles. The van der Waals surface area contributed by atoms with Gasteiger partial charge in [-0.25, -0.2) is 0 Å². The van der Waals surface area contributed by atoms with E-state index in [0.717, 1.165) is 26.9 Å². The van der Waals surface area contributed by atoms with Gasteiger partial charge in [-0.05, 0) is 45.8 Å². The highest BCUT2D eigenvalue weighted by molar-refractivity contribution is 9.11. The van der Waals surface area contributed by atoms with Crippen LogP contribution in [0.3, 0.4) is 0 Å². The van der Waals surface area contributed by atoms with E-state index in [4.69, 9.17) is 0 Å². The summed E-state index contributed by atoms with van der Waals surface area (Å²) in [5, 5.41) is 0. The Morgan fingerprint density at radius 1 is 1.44 bits per heavy atom. The van der Waals surface area contributed by atoms with Gasteiger partial charge in [-0.15, -0.1) is 0 Å². The quantitative estimate of drug-likeness (QED) is 0.796. The van der Waals surface area contributed by atoms with Crippen molar-refractivity contribution in [1.82, 2.24) is 0 Å². The molecule has 0 N–H and O–H groups in total. The third kappa shape index (κ3) is 2.46. The van der Waals surface area contributed by atoms with E-state index in [2.05, 4.69) is 44.5 Å². The molecule has 1 atom stereocenters. The minimum absolute atomic E-state index is 0.182. The summed E-state index contributed by atoms with van der Waals surface area (Å²) in [6, 6.07) is 5.85. The number of hydrogen-bond acceptors (Lipinski definition) is 2. The molecular formula is C11H11Br2NOS. The zero-order valence-electron chi connectivity index (χ0n) is 8.49. The van der Waals surface area contributed by atoms with Gasteiger partial charge in [0.25, 0.3) is 0 Å². The van der Waals surface area contributed by atoms with Gasteiger partial charge >= 0.3 is 0 Å². The smallest absolute Gasteiger partial charge is 0.227 e. The minimum Gasteiger partial charge on any atom is -0.311 e. The Bertz CT molecular complexity index is 424. The number of rotatable bonds is 2. The van der Waals surface area contributed by atoms with Crippen LogP contribution in [0.4, 0.5) is 5.69 Å². The highest BCUT2D eigenvalue weighted by Crippen LogP contribution is 2.33. The zero-order chi connectivity index (χ0) is 11.7. The van der Waals surface area contributed by atoms with E-state index in [1.165, 1.54) is 0 Å². The molecule has 2 nitrogen and oxygen atoms in total. The molecule has 1 unspecified atom stereocenters. The number of carbonyl (C=O) groups is 1. The first-order valence-electron chi connectivity index (χ1n) is 4.98. The van der Waals surface area contributed by atoms with Crippen LogP contribution in [-0.4, -0.2) is 18.2 Å². The van der Waals surface area contributed by atoms with E-state index in [-0.39, 0.29) is 5.91 Å². The molecule has 1 saturated heterocycles. The molecule has 1 amide bonds. The standard InChI is InChI=1S/C11H11Br2NOS/c12-8-1-2-10(9(13)4-8)14-5-7(6-16)3-11(14)15/h1-2,4,7,16H,3,5-6H2. The second-order valence-corrected chi connectivity index (χ2v) is 5.99. The lowest BCUT2D eigenvalue weighted by Crippen LogP contribution is -2.25. The lowest BCUT2D eigenvalue weighted by molar-refractivity contribution is -0.117. The largest absolute Gasteiger partial charge is 0.311 e. The van der Waals surface area contributed by atoms with E-state index < -0.39 is 0 Å². The molecule has 16 heavy (non-hydrogen) atoms. The first-order valence-corrected chi connectivity index (χ1v) is 7.20. The zero-order valence-corrected chi connectivity index (χ0v) is 12.6. The number of amides is 1. The summed E-state index contributed by atoms with van der Waals surface area (Å²) in [5.74, 6) is 1.31. The van der Waals surface area contributed by atoms with Crippen LogP contribution in [0.1, 0.15) is 6.42 Å². The number of nitrogens with zero attached hydrogens (tertiary/aromatic N) is 1. The van der Waals surface area contributed by atoms with Crippen LogP contribution in [0.15, 0.2) is 27.1 Å². The number of thiol groups is 1. The van der Waals surface area contributed by atoms with Gasteiger partial charge < -0.3 is 4.90 Å². The summed E-state index contributed by atoms with van der Waals surface area (Å²) >= 11 is 11.1. The maximum atomic E-state index is 11.8. The first kappa shape index (κ1) is 12.5. The van der Waals surface area contributed by atoms with Crippen molar-refractivity contribution in [1.29, 1.82) is 0 Å². The molecule has 1 aliphatic rings. The monoisotopic (exact) mass is 363 g/mol. The van der Waals surface area contributed by atoms with Crippen LogP contribution in [0, 0.1) is 5.92 Å². The molecule has 0 aromatic heterocycles. The van der Waals surface area contributed by atoms with Crippen molar-refractivity contribution in [3.63, 3.8) is 0 Å². The van der Waals surface area contributed by atoms with Crippen molar-refractivity contribution in [2.24, 2.45) is 5.92 Å². The van der Waals surface area contributed by atoms with Gasteiger partial charge in [-0.2, -0.15) is 12.6 Å². The normalized spacial score (nSPS) is 20.6. The van der Waals surface area contributed by atoms with Gasteiger partial charge in [-0.3, -0.25) is 4.79 Å². The number of halogens is 2. The average molecular weight is 365 g/mol. The van der Waals surface area contributed by atoms with Crippen LogP contribution in [0.2, 0.25) is 0 Å². The molecule has 1 aliphatic heterocycles. The van der Waals surface area contributed by atoms with E-state index in [0.29, 0.717) is 12.3 Å². The second-order valence-electron chi connectivity index (χ2n) is 3.85. The fraction of sp³-hybridized carbons (Fsp3) is 0.364. The van der Waals surface area contributed by atoms with Crippen LogP contribution in [0.5, 0.6) is 0 Å². The summed E-state index contributed by atoms with van der Waals surface area (Å²) < 4.78 is 1.94. The predicted molar refractivity (Wildman–Crippen MR) is 76.2 cm³/mol. The second kappa shape index (κ2) is 5.10. The van der Waals surface area contributed by atoms with Crippen molar-refractivity contribution < 1.29 is 4.79 Å². The summed E-state index contributed by atoms with van der Waals surface area (Å²) in [6.07, 6.45) is 0.603. The maximum Gasteiger partial charge on any atom is 0.227 e. The van der Waals surface area contributed by atoms with Gasteiger partial charge in [0, 0.05) is 21.9 Å². The molecule has 0 spiro atoms. The van der Waals surface area contributed by atoms with E-state index >= 15 is 0 Å². The number of benzene rings is 1. The van der Waals surface area contributed by atoms with Crippen molar-refractivity contribution >= 4 is 56.1 Å². The third-order valence-electron chi connectivity index (χ3n) is 2.66. The molecule has 0 bridgehead atoms. The topological polar surface area (TPSA) is 20.3 Å². The number of carbonyl (C=O) groups excluding carboxylic acids is 1. The Hall–Kier alpha value is -0.000000000000000111. The van der Waals surface area contributed by atoms with Gasteiger partial charge in [0.15, 0.2) is 0 Å². The number of hydrogen-bond donors (Lipinski definition) is 1.